The van der Waals surface area contributed by atoms with Gasteiger partial charge >= 0.3 is 0 Å². The molecule has 126 valence electrons. The summed E-state index contributed by atoms with van der Waals surface area (Å²) in [5.41, 5.74) is 0.784. The van der Waals surface area contributed by atoms with E-state index in [1.807, 2.05) is 29.2 Å². The molecular formula is C18H21N3O2S. The number of piperidine rings is 1. The molecule has 0 N–H and O–H groups in total. The Morgan fingerprint density at radius 3 is 3.04 bits per heavy atom. The van der Waals surface area contributed by atoms with Gasteiger partial charge in [0.05, 0.1) is 12.1 Å². The monoisotopic (exact) mass is 343 g/mol. The molecule has 0 aliphatic carbocycles. The Morgan fingerprint density at radius 1 is 1.38 bits per heavy atom. The van der Waals surface area contributed by atoms with Crippen molar-refractivity contribution < 1.29 is 9.53 Å². The summed E-state index contributed by atoms with van der Waals surface area (Å²) in [7, 11) is 0. The van der Waals surface area contributed by atoms with Gasteiger partial charge in [-0.3, -0.25) is 4.79 Å². The van der Waals surface area contributed by atoms with Crippen LogP contribution in [0.5, 0.6) is 5.88 Å². The molecule has 2 heterocycles. The van der Waals surface area contributed by atoms with E-state index in [0.29, 0.717) is 12.4 Å². The lowest BCUT2D eigenvalue weighted by atomic mass is 10.1. The molecule has 0 spiro atoms. The predicted octanol–water partition coefficient (Wildman–Crippen LogP) is 3.27. The van der Waals surface area contributed by atoms with Crippen molar-refractivity contribution in [2.75, 3.05) is 18.8 Å². The van der Waals surface area contributed by atoms with Gasteiger partial charge in [-0.25, -0.2) is 9.97 Å². The van der Waals surface area contributed by atoms with E-state index in [1.165, 1.54) is 6.33 Å². The molecule has 1 unspecified atom stereocenters. The molecule has 1 amide bonds. The molecule has 0 saturated carbocycles. The van der Waals surface area contributed by atoms with Gasteiger partial charge in [-0.2, -0.15) is 0 Å². The van der Waals surface area contributed by atoms with Crippen molar-refractivity contribution in [2.45, 2.75) is 30.8 Å². The van der Waals surface area contributed by atoms with E-state index in [4.69, 9.17) is 4.74 Å². The SMILES string of the molecule is CCSc1ccccc1C(=O)N1CCCC(Oc2ccncn2)C1. The largest absolute Gasteiger partial charge is 0.472 e. The number of aromatic nitrogens is 2. The van der Waals surface area contributed by atoms with Crippen LogP contribution in [-0.2, 0) is 0 Å². The molecule has 1 saturated heterocycles. The number of carbonyl (C=O) groups excluding carboxylic acids is 1. The lowest BCUT2D eigenvalue weighted by molar-refractivity contribution is 0.0524. The summed E-state index contributed by atoms with van der Waals surface area (Å²) in [6, 6.07) is 9.57. The molecule has 5 nitrogen and oxygen atoms in total. The lowest BCUT2D eigenvalue weighted by Crippen LogP contribution is -2.44. The number of amides is 1. The van der Waals surface area contributed by atoms with Gasteiger partial charge in [0.15, 0.2) is 0 Å². The third-order valence-corrected chi connectivity index (χ3v) is 4.88. The highest BCUT2D eigenvalue weighted by Gasteiger charge is 2.27. The molecule has 0 radical (unpaired) electrons. The molecule has 1 fully saturated rings. The van der Waals surface area contributed by atoms with Gasteiger partial charge in [0, 0.05) is 23.7 Å². The number of benzene rings is 1. The Morgan fingerprint density at radius 2 is 2.25 bits per heavy atom. The average molecular weight is 343 g/mol. The second kappa shape index (κ2) is 8.15. The Bertz CT molecular complexity index is 681. The highest BCUT2D eigenvalue weighted by Crippen LogP contribution is 2.25. The number of likely N-dealkylation sites (tertiary alicyclic amines) is 1. The third kappa shape index (κ3) is 4.06. The minimum Gasteiger partial charge on any atom is -0.472 e. The van der Waals surface area contributed by atoms with Crippen molar-refractivity contribution in [1.82, 2.24) is 14.9 Å². The second-order valence-electron chi connectivity index (χ2n) is 5.61. The first-order valence-corrected chi connectivity index (χ1v) is 9.20. The molecule has 1 atom stereocenters. The number of nitrogens with zero attached hydrogens (tertiary/aromatic N) is 3. The van der Waals surface area contributed by atoms with Crippen molar-refractivity contribution in [2.24, 2.45) is 0 Å². The second-order valence-corrected chi connectivity index (χ2v) is 6.92. The summed E-state index contributed by atoms with van der Waals surface area (Å²) in [5, 5.41) is 0. The summed E-state index contributed by atoms with van der Waals surface area (Å²) >= 11 is 1.70. The summed E-state index contributed by atoms with van der Waals surface area (Å²) in [6.45, 7) is 3.46. The fraction of sp³-hybridized carbons (Fsp3) is 0.389. The first-order chi connectivity index (χ1) is 11.8. The number of carbonyl (C=O) groups is 1. The Balaban J connectivity index is 1.69. The molecule has 0 bridgehead atoms. The zero-order chi connectivity index (χ0) is 16.8. The molecule has 1 aromatic carbocycles. The minimum atomic E-state index is -0.0245. The number of thioether (sulfide) groups is 1. The van der Waals surface area contributed by atoms with E-state index in [-0.39, 0.29) is 12.0 Å². The Kier molecular flexibility index (Phi) is 5.69. The van der Waals surface area contributed by atoms with Gasteiger partial charge in [-0.15, -0.1) is 11.8 Å². The fourth-order valence-electron chi connectivity index (χ4n) is 2.83. The van der Waals surface area contributed by atoms with Gasteiger partial charge in [0.2, 0.25) is 5.88 Å². The topological polar surface area (TPSA) is 55.3 Å². The molecule has 1 aliphatic rings. The van der Waals surface area contributed by atoms with Crippen molar-refractivity contribution in [1.29, 1.82) is 0 Å². The molecule has 1 aromatic heterocycles. The van der Waals surface area contributed by atoms with Crippen LogP contribution in [0.3, 0.4) is 0 Å². The van der Waals surface area contributed by atoms with Crippen molar-refractivity contribution in [3.63, 3.8) is 0 Å². The van der Waals surface area contributed by atoms with E-state index in [1.54, 1.807) is 24.0 Å². The quantitative estimate of drug-likeness (QED) is 0.780. The highest BCUT2D eigenvalue weighted by molar-refractivity contribution is 7.99. The number of hydrogen-bond acceptors (Lipinski definition) is 5. The van der Waals surface area contributed by atoms with Gasteiger partial charge in [-0.1, -0.05) is 19.1 Å². The van der Waals surface area contributed by atoms with Crippen LogP contribution in [-0.4, -0.2) is 45.7 Å². The van der Waals surface area contributed by atoms with E-state index in [9.17, 15) is 4.79 Å². The van der Waals surface area contributed by atoms with E-state index < -0.39 is 0 Å². The van der Waals surface area contributed by atoms with Crippen LogP contribution in [0.4, 0.5) is 0 Å². The first-order valence-electron chi connectivity index (χ1n) is 8.21. The maximum Gasteiger partial charge on any atom is 0.255 e. The van der Waals surface area contributed by atoms with Crippen LogP contribution >= 0.6 is 11.8 Å². The van der Waals surface area contributed by atoms with Crippen LogP contribution in [0.15, 0.2) is 47.8 Å². The summed E-state index contributed by atoms with van der Waals surface area (Å²) in [4.78, 5) is 23.9. The normalized spacial score (nSPS) is 17.5. The fourth-order valence-corrected chi connectivity index (χ4v) is 3.63. The smallest absolute Gasteiger partial charge is 0.255 e. The molecule has 6 heteroatoms. The lowest BCUT2D eigenvalue weighted by Gasteiger charge is -2.33. The zero-order valence-corrected chi connectivity index (χ0v) is 14.5. The van der Waals surface area contributed by atoms with E-state index in [0.717, 1.165) is 35.6 Å². The third-order valence-electron chi connectivity index (χ3n) is 3.92. The zero-order valence-electron chi connectivity index (χ0n) is 13.7. The molecule has 24 heavy (non-hydrogen) atoms. The van der Waals surface area contributed by atoms with E-state index in [2.05, 4.69) is 16.9 Å². The van der Waals surface area contributed by atoms with Crippen LogP contribution in [0.2, 0.25) is 0 Å². The van der Waals surface area contributed by atoms with Gasteiger partial charge in [0.25, 0.3) is 5.91 Å². The van der Waals surface area contributed by atoms with E-state index >= 15 is 0 Å². The van der Waals surface area contributed by atoms with Crippen molar-refractivity contribution in [3.8, 4) is 5.88 Å². The maximum absolute atomic E-state index is 12.9. The standard InChI is InChI=1S/C18H21N3O2S/c1-2-24-16-8-4-3-7-15(16)18(22)21-11-5-6-14(12-21)23-17-9-10-19-13-20-17/h3-4,7-10,13-14H,2,5-6,11-12H2,1H3. The number of hydrogen-bond donors (Lipinski definition) is 0. The molecular weight excluding hydrogens is 322 g/mol. The van der Waals surface area contributed by atoms with Crippen LogP contribution in [0.25, 0.3) is 0 Å². The molecule has 3 rings (SSSR count). The maximum atomic E-state index is 12.9. The number of rotatable bonds is 5. The summed E-state index contributed by atoms with van der Waals surface area (Å²) < 4.78 is 5.90. The summed E-state index contributed by atoms with van der Waals surface area (Å²) in [5.74, 6) is 1.60. The van der Waals surface area contributed by atoms with Gasteiger partial charge < -0.3 is 9.64 Å². The predicted molar refractivity (Wildman–Crippen MR) is 94.4 cm³/mol. The molecule has 2 aromatic rings. The first kappa shape index (κ1) is 16.8. The summed E-state index contributed by atoms with van der Waals surface area (Å²) in [6.07, 6.45) is 4.97. The van der Waals surface area contributed by atoms with Crippen LogP contribution < -0.4 is 4.74 Å². The van der Waals surface area contributed by atoms with Crippen molar-refractivity contribution >= 4 is 17.7 Å². The van der Waals surface area contributed by atoms with Gasteiger partial charge in [-0.05, 0) is 30.7 Å². The average Bonchev–Trinajstić information content (AvgIpc) is 2.63. The highest BCUT2D eigenvalue weighted by atomic mass is 32.2. The Labute approximate surface area is 146 Å². The van der Waals surface area contributed by atoms with Gasteiger partial charge in [0.1, 0.15) is 12.4 Å². The minimum absolute atomic E-state index is 0.0245. The number of ether oxygens (including phenoxy) is 1. The van der Waals surface area contributed by atoms with Crippen molar-refractivity contribution in [3.05, 3.63) is 48.4 Å². The van der Waals surface area contributed by atoms with Crippen LogP contribution in [0, 0.1) is 0 Å². The molecule has 1 aliphatic heterocycles. The van der Waals surface area contributed by atoms with Crippen LogP contribution in [0.1, 0.15) is 30.1 Å². The Hall–Kier alpha value is -2.08.